The molecule has 1 aliphatic heterocycles. The Morgan fingerprint density at radius 3 is 2.31 bits per heavy atom. The summed E-state index contributed by atoms with van der Waals surface area (Å²) in [5.74, 6) is 0.454. The third kappa shape index (κ3) is 4.11. The molecule has 0 bridgehead atoms. The van der Waals surface area contributed by atoms with Crippen LogP contribution in [0.4, 0.5) is 0 Å². The molecule has 1 heterocycles. The normalized spacial score (nSPS) is 20.3. The molecule has 1 aliphatic carbocycles. The van der Waals surface area contributed by atoms with E-state index in [4.69, 9.17) is 0 Å². The maximum Gasteiger partial charge on any atom is 0.225 e. The lowest BCUT2D eigenvalue weighted by Crippen LogP contribution is -2.46. The number of hydrogen-bond acceptors (Lipinski definition) is 2. The SMILES string of the molecule is CC(C)C(=O)N1CCC(C(=O)NCC2(c3ccccc3)CCCC2)CC1. The van der Waals surface area contributed by atoms with Crippen LogP contribution in [-0.4, -0.2) is 36.3 Å². The monoisotopic (exact) mass is 356 g/mol. The van der Waals surface area contributed by atoms with E-state index in [1.54, 1.807) is 0 Å². The van der Waals surface area contributed by atoms with Gasteiger partial charge in [0.15, 0.2) is 0 Å². The van der Waals surface area contributed by atoms with Crippen molar-refractivity contribution in [2.45, 2.75) is 57.8 Å². The van der Waals surface area contributed by atoms with Crippen molar-refractivity contribution in [3.8, 4) is 0 Å². The fraction of sp³-hybridized carbons (Fsp3) is 0.636. The van der Waals surface area contributed by atoms with Crippen molar-refractivity contribution in [2.75, 3.05) is 19.6 Å². The van der Waals surface area contributed by atoms with Crippen LogP contribution in [0.3, 0.4) is 0 Å². The minimum atomic E-state index is 0.0356. The second-order valence-corrected chi connectivity index (χ2v) is 8.33. The van der Waals surface area contributed by atoms with Crippen LogP contribution in [0.1, 0.15) is 57.9 Å². The molecule has 26 heavy (non-hydrogen) atoms. The quantitative estimate of drug-likeness (QED) is 0.878. The maximum absolute atomic E-state index is 12.7. The van der Waals surface area contributed by atoms with E-state index in [0.717, 1.165) is 32.2 Å². The van der Waals surface area contributed by atoms with Crippen LogP contribution in [0.5, 0.6) is 0 Å². The highest BCUT2D eigenvalue weighted by molar-refractivity contribution is 5.80. The van der Waals surface area contributed by atoms with Gasteiger partial charge in [-0.1, -0.05) is 57.0 Å². The van der Waals surface area contributed by atoms with Gasteiger partial charge >= 0.3 is 0 Å². The third-order valence-electron chi connectivity index (χ3n) is 6.22. The van der Waals surface area contributed by atoms with Crippen LogP contribution in [0.2, 0.25) is 0 Å². The smallest absolute Gasteiger partial charge is 0.225 e. The van der Waals surface area contributed by atoms with Crippen LogP contribution < -0.4 is 5.32 Å². The topological polar surface area (TPSA) is 49.4 Å². The second kappa shape index (κ2) is 8.24. The number of nitrogens with one attached hydrogen (secondary N) is 1. The van der Waals surface area contributed by atoms with Crippen molar-refractivity contribution >= 4 is 11.8 Å². The van der Waals surface area contributed by atoms with Gasteiger partial charge in [0.1, 0.15) is 0 Å². The van der Waals surface area contributed by atoms with Gasteiger partial charge in [-0.05, 0) is 31.2 Å². The minimum Gasteiger partial charge on any atom is -0.355 e. The summed E-state index contributed by atoms with van der Waals surface area (Å²) < 4.78 is 0. The minimum absolute atomic E-state index is 0.0356. The summed E-state index contributed by atoms with van der Waals surface area (Å²) in [6, 6.07) is 10.6. The van der Waals surface area contributed by atoms with Crippen molar-refractivity contribution in [2.24, 2.45) is 11.8 Å². The maximum atomic E-state index is 12.7. The summed E-state index contributed by atoms with van der Waals surface area (Å²) in [5.41, 5.74) is 1.46. The molecule has 3 rings (SSSR count). The van der Waals surface area contributed by atoms with Crippen LogP contribution in [0, 0.1) is 11.8 Å². The standard InChI is InChI=1S/C22H32N2O2/c1-17(2)21(26)24-14-10-18(11-15-24)20(25)23-16-22(12-6-7-13-22)19-8-4-3-5-9-19/h3-5,8-9,17-18H,6-7,10-16H2,1-2H3,(H,23,25). The Balaban J connectivity index is 1.55. The first-order chi connectivity index (χ1) is 12.5. The zero-order valence-corrected chi connectivity index (χ0v) is 16.2. The number of nitrogens with zero attached hydrogens (tertiary/aromatic N) is 1. The molecule has 1 aromatic rings. The molecule has 0 atom stereocenters. The van der Waals surface area contributed by atoms with Gasteiger partial charge in [-0.2, -0.15) is 0 Å². The Morgan fingerprint density at radius 2 is 1.73 bits per heavy atom. The molecule has 4 heteroatoms. The highest BCUT2D eigenvalue weighted by Gasteiger charge is 2.36. The van der Waals surface area contributed by atoms with E-state index in [1.165, 1.54) is 18.4 Å². The zero-order valence-electron chi connectivity index (χ0n) is 16.2. The number of benzene rings is 1. The van der Waals surface area contributed by atoms with Crippen molar-refractivity contribution in [1.82, 2.24) is 10.2 Å². The Hall–Kier alpha value is -1.84. The summed E-state index contributed by atoms with van der Waals surface area (Å²) in [5, 5.41) is 3.26. The van der Waals surface area contributed by atoms with E-state index in [0.29, 0.717) is 13.1 Å². The Labute approximate surface area is 157 Å². The van der Waals surface area contributed by atoms with E-state index >= 15 is 0 Å². The lowest BCUT2D eigenvalue weighted by molar-refractivity contribution is -0.138. The summed E-state index contributed by atoms with van der Waals surface area (Å²) in [6.07, 6.45) is 6.34. The number of carbonyl (C=O) groups excluding carboxylic acids is 2. The van der Waals surface area contributed by atoms with E-state index in [-0.39, 0.29) is 29.1 Å². The van der Waals surface area contributed by atoms with Gasteiger partial charge < -0.3 is 10.2 Å². The van der Waals surface area contributed by atoms with Gasteiger partial charge in [0.2, 0.25) is 11.8 Å². The molecule has 0 spiro atoms. The number of carbonyl (C=O) groups is 2. The Morgan fingerprint density at radius 1 is 1.12 bits per heavy atom. The van der Waals surface area contributed by atoms with Crippen LogP contribution in [0.15, 0.2) is 30.3 Å². The first kappa shape index (κ1) is 18.9. The third-order valence-corrected chi connectivity index (χ3v) is 6.22. The molecule has 1 aromatic carbocycles. The highest BCUT2D eigenvalue weighted by Crippen LogP contribution is 2.40. The number of likely N-dealkylation sites (tertiary alicyclic amines) is 1. The Bertz CT molecular complexity index is 612. The van der Waals surface area contributed by atoms with Gasteiger partial charge in [-0.25, -0.2) is 0 Å². The van der Waals surface area contributed by atoms with Crippen molar-refractivity contribution in [1.29, 1.82) is 0 Å². The molecule has 0 radical (unpaired) electrons. The number of piperidine rings is 1. The van der Waals surface area contributed by atoms with Gasteiger partial charge in [0.25, 0.3) is 0 Å². The molecule has 1 N–H and O–H groups in total. The van der Waals surface area contributed by atoms with Gasteiger partial charge in [-0.15, -0.1) is 0 Å². The van der Waals surface area contributed by atoms with Gasteiger partial charge in [-0.3, -0.25) is 9.59 Å². The molecule has 2 aliphatic rings. The van der Waals surface area contributed by atoms with E-state index in [2.05, 4.69) is 35.6 Å². The van der Waals surface area contributed by atoms with Crippen molar-refractivity contribution in [3.63, 3.8) is 0 Å². The summed E-state index contributed by atoms with van der Waals surface area (Å²) in [7, 11) is 0. The first-order valence-electron chi connectivity index (χ1n) is 10.1. The lowest BCUT2D eigenvalue weighted by atomic mass is 9.78. The van der Waals surface area contributed by atoms with Crippen molar-refractivity contribution in [3.05, 3.63) is 35.9 Å². The molecule has 1 saturated carbocycles. The highest BCUT2D eigenvalue weighted by atomic mass is 16.2. The predicted molar refractivity (Wildman–Crippen MR) is 104 cm³/mol. The van der Waals surface area contributed by atoms with Crippen molar-refractivity contribution < 1.29 is 9.59 Å². The number of hydrogen-bond donors (Lipinski definition) is 1. The molecule has 142 valence electrons. The Kier molecular flexibility index (Phi) is 6.00. The van der Waals surface area contributed by atoms with Crippen LogP contribution in [0.25, 0.3) is 0 Å². The predicted octanol–water partition coefficient (Wildman–Crippen LogP) is 3.51. The van der Waals surface area contributed by atoms with Gasteiger partial charge in [0.05, 0.1) is 0 Å². The van der Waals surface area contributed by atoms with E-state index in [9.17, 15) is 9.59 Å². The average Bonchev–Trinajstić information content (AvgIpc) is 3.16. The largest absolute Gasteiger partial charge is 0.355 e. The zero-order chi connectivity index (χ0) is 18.6. The molecule has 0 aromatic heterocycles. The number of amides is 2. The summed E-state index contributed by atoms with van der Waals surface area (Å²) >= 11 is 0. The first-order valence-corrected chi connectivity index (χ1v) is 10.1. The fourth-order valence-corrected chi connectivity index (χ4v) is 4.54. The van der Waals surface area contributed by atoms with E-state index in [1.807, 2.05) is 18.7 Å². The molecule has 4 nitrogen and oxygen atoms in total. The summed E-state index contributed by atoms with van der Waals surface area (Å²) in [4.78, 5) is 26.7. The number of rotatable bonds is 5. The molecule has 2 amide bonds. The fourth-order valence-electron chi connectivity index (χ4n) is 4.54. The second-order valence-electron chi connectivity index (χ2n) is 8.33. The van der Waals surface area contributed by atoms with Crippen LogP contribution in [-0.2, 0) is 15.0 Å². The van der Waals surface area contributed by atoms with Gasteiger partial charge in [0, 0.05) is 36.9 Å². The molecule has 1 saturated heterocycles. The summed E-state index contributed by atoms with van der Waals surface area (Å²) in [6.45, 7) is 6.02. The molecule has 0 unspecified atom stereocenters. The van der Waals surface area contributed by atoms with E-state index < -0.39 is 0 Å². The average molecular weight is 357 g/mol. The lowest BCUT2D eigenvalue weighted by Gasteiger charge is -2.34. The molecular formula is C22H32N2O2. The van der Waals surface area contributed by atoms with Crippen LogP contribution >= 0.6 is 0 Å². The molecule has 2 fully saturated rings. The molecular weight excluding hydrogens is 324 g/mol.